The topological polar surface area (TPSA) is 59.8 Å². The summed E-state index contributed by atoms with van der Waals surface area (Å²) in [5.74, 6) is 0.561. The largest absolute Gasteiger partial charge is 0.465 e. The zero-order valence-electron chi connectivity index (χ0n) is 12.6. The van der Waals surface area contributed by atoms with Gasteiger partial charge in [-0.3, -0.25) is 4.79 Å². The van der Waals surface area contributed by atoms with E-state index in [1.165, 1.54) is 7.11 Å². The van der Waals surface area contributed by atoms with Gasteiger partial charge in [0.25, 0.3) is 0 Å². The van der Waals surface area contributed by atoms with Crippen LogP contribution in [-0.2, 0) is 16.1 Å². The van der Waals surface area contributed by atoms with Gasteiger partial charge >= 0.3 is 5.97 Å². The number of esters is 1. The number of methoxy groups -OCH3 is 1. The first-order chi connectivity index (χ1) is 9.40. The minimum absolute atomic E-state index is 0.0551. The van der Waals surface area contributed by atoms with E-state index in [4.69, 9.17) is 4.42 Å². The fraction of sp³-hybridized carbons (Fsp3) is 0.467. The molecule has 0 aliphatic rings. The summed E-state index contributed by atoms with van der Waals surface area (Å²) < 4.78 is 10.1. The van der Waals surface area contributed by atoms with Crippen LogP contribution in [0, 0.1) is 6.92 Å². The molecule has 0 spiro atoms. The van der Waals surface area contributed by atoms with E-state index >= 15 is 0 Å². The van der Waals surface area contributed by atoms with Crippen LogP contribution in [0.5, 0.6) is 0 Å². The molecule has 110 valence electrons. The van der Waals surface area contributed by atoms with Crippen LogP contribution in [0.15, 0.2) is 22.1 Å². The molecule has 0 fully saturated rings. The average Bonchev–Trinajstić information content (AvgIpc) is 2.77. The molecule has 0 unspecified atom stereocenters. The minimum Gasteiger partial charge on any atom is -0.465 e. The maximum atomic E-state index is 12.0. The van der Waals surface area contributed by atoms with Crippen LogP contribution in [0.2, 0.25) is 0 Å². The number of rotatable bonds is 5. The Labute approximate surface area is 119 Å². The number of furan rings is 1. The predicted octanol–water partition coefficient (Wildman–Crippen LogP) is 2.69. The predicted molar refractivity (Wildman–Crippen MR) is 75.3 cm³/mol. The number of ether oxygens (including phenoxy) is 1. The molecular formula is C15H21NO4. The van der Waals surface area contributed by atoms with Crippen molar-refractivity contribution in [3.8, 4) is 0 Å². The Morgan fingerprint density at radius 1 is 1.45 bits per heavy atom. The molecular weight excluding hydrogens is 258 g/mol. The standard InChI is InChI=1S/C15H21NO4/c1-6-7-10(2)14(17)16(4)9-12-8-13(11(3)20-12)15(18)19-5/h7-8H,6,9H2,1-5H3/b10-7+. The third-order valence-electron chi connectivity index (χ3n) is 2.96. The summed E-state index contributed by atoms with van der Waals surface area (Å²) >= 11 is 0. The first-order valence-electron chi connectivity index (χ1n) is 6.50. The fourth-order valence-electron chi connectivity index (χ4n) is 1.93. The van der Waals surface area contributed by atoms with Crippen molar-refractivity contribution < 1.29 is 18.7 Å². The lowest BCUT2D eigenvalue weighted by molar-refractivity contribution is -0.126. The third kappa shape index (κ3) is 3.73. The number of allylic oxidation sites excluding steroid dienone is 1. The molecule has 1 aromatic heterocycles. The Kier molecular flexibility index (Phi) is 5.55. The smallest absolute Gasteiger partial charge is 0.341 e. The van der Waals surface area contributed by atoms with Crippen LogP contribution < -0.4 is 0 Å². The van der Waals surface area contributed by atoms with E-state index in [0.29, 0.717) is 29.2 Å². The highest BCUT2D eigenvalue weighted by atomic mass is 16.5. The molecule has 20 heavy (non-hydrogen) atoms. The normalized spacial score (nSPS) is 11.3. The summed E-state index contributed by atoms with van der Waals surface area (Å²) in [5.41, 5.74) is 1.09. The van der Waals surface area contributed by atoms with Gasteiger partial charge in [0, 0.05) is 12.6 Å². The Morgan fingerprint density at radius 3 is 2.65 bits per heavy atom. The van der Waals surface area contributed by atoms with Gasteiger partial charge in [0.1, 0.15) is 17.1 Å². The Bertz CT molecular complexity index is 528. The quantitative estimate of drug-likeness (QED) is 0.614. The van der Waals surface area contributed by atoms with Crippen molar-refractivity contribution in [3.63, 3.8) is 0 Å². The molecule has 0 aromatic carbocycles. The molecule has 0 radical (unpaired) electrons. The molecule has 0 atom stereocenters. The second-order valence-corrected chi connectivity index (χ2v) is 4.63. The second kappa shape index (κ2) is 6.93. The third-order valence-corrected chi connectivity index (χ3v) is 2.96. The minimum atomic E-state index is -0.437. The summed E-state index contributed by atoms with van der Waals surface area (Å²) in [5, 5.41) is 0. The molecule has 0 aliphatic carbocycles. The fourth-order valence-corrected chi connectivity index (χ4v) is 1.93. The number of amides is 1. The first kappa shape index (κ1) is 16.0. The molecule has 1 heterocycles. The molecule has 0 saturated heterocycles. The van der Waals surface area contributed by atoms with Crippen molar-refractivity contribution in [2.75, 3.05) is 14.2 Å². The monoisotopic (exact) mass is 279 g/mol. The van der Waals surface area contributed by atoms with Gasteiger partial charge < -0.3 is 14.1 Å². The van der Waals surface area contributed by atoms with Gasteiger partial charge in [-0.25, -0.2) is 4.79 Å². The van der Waals surface area contributed by atoms with E-state index in [1.54, 1.807) is 31.9 Å². The van der Waals surface area contributed by atoms with E-state index < -0.39 is 5.97 Å². The Morgan fingerprint density at radius 2 is 2.10 bits per heavy atom. The number of hydrogen-bond donors (Lipinski definition) is 0. The van der Waals surface area contributed by atoms with E-state index in [0.717, 1.165) is 6.42 Å². The lowest BCUT2D eigenvalue weighted by Crippen LogP contribution is -2.26. The van der Waals surface area contributed by atoms with E-state index in [9.17, 15) is 9.59 Å². The van der Waals surface area contributed by atoms with Crippen LogP contribution in [0.25, 0.3) is 0 Å². The van der Waals surface area contributed by atoms with Crippen LogP contribution in [0.3, 0.4) is 0 Å². The average molecular weight is 279 g/mol. The van der Waals surface area contributed by atoms with Crippen molar-refractivity contribution in [2.24, 2.45) is 0 Å². The van der Waals surface area contributed by atoms with E-state index in [1.807, 2.05) is 13.0 Å². The molecule has 0 saturated carbocycles. The van der Waals surface area contributed by atoms with Gasteiger partial charge in [-0.2, -0.15) is 0 Å². The number of carbonyl (C=O) groups excluding carboxylic acids is 2. The zero-order chi connectivity index (χ0) is 15.3. The maximum Gasteiger partial charge on any atom is 0.341 e. The van der Waals surface area contributed by atoms with Gasteiger partial charge in [0.05, 0.1) is 13.7 Å². The van der Waals surface area contributed by atoms with Crippen LogP contribution in [-0.4, -0.2) is 30.9 Å². The highest BCUT2D eigenvalue weighted by molar-refractivity contribution is 5.92. The van der Waals surface area contributed by atoms with Gasteiger partial charge in [-0.1, -0.05) is 13.0 Å². The zero-order valence-corrected chi connectivity index (χ0v) is 12.6. The number of likely N-dealkylation sites (N-methyl/N-ethyl adjacent to an activating group) is 1. The number of nitrogens with zero attached hydrogens (tertiary/aromatic N) is 1. The van der Waals surface area contributed by atoms with Gasteiger partial charge in [0.15, 0.2) is 0 Å². The van der Waals surface area contributed by atoms with Gasteiger partial charge in [-0.05, 0) is 26.3 Å². The summed E-state index contributed by atoms with van der Waals surface area (Å²) in [4.78, 5) is 25.1. The molecule has 1 aromatic rings. The van der Waals surface area contributed by atoms with Crippen LogP contribution in [0.1, 0.15) is 42.1 Å². The molecule has 1 amide bonds. The lowest BCUT2D eigenvalue weighted by atomic mass is 10.2. The van der Waals surface area contributed by atoms with Crippen molar-refractivity contribution in [3.05, 3.63) is 34.8 Å². The molecule has 5 heteroatoms. The number of carbonyl (C=O) groups is 2. The van der Waals surface area contributed by atoms with Crippen molar-refractivity contribution in [1.29, 1.82) is 0 Å². The SMILES string of the molecule is CC/C=C(\C)C(=O)N(C)Cc1cc(C(=O)OC)c(C)o1. The first-order valence-corrected chi connectivity index (χ1v) is 6.50. The van der Waals surface area contributed by atoms with E-state index in [-0.39, 0.29) is 5.91 Å². The highest BCUT2D eigenvalue weighted by Crippen LogP contribution is 2.17. The van der Waals surface area contributed by atoms with Gasteiger partial charge in [0.2, 0.25) is 5.91 Å². The van der Waals surface area contributed by atoms with Gasteiger partial charge in [-0.15, -0.1) is 0 Å². The Balaban J connectivity index is 2.81. The molecule has 1 rings (SSSR count). The summed E-state index contributed by atoms with van der Waals surface area (Å²) in [6, 6.07) is 1.61. The van der Waals surface area contributed by atoms with Crippen molar-refractivity contribution in [2.45, 2.75) is 33.7 Å². The van der Waals surface area contributed by atoms with E-state index in [2.05, 4.69) is 4.74 Å². The second-order valence-electron chi connectivity index (χ2n) is 4.63. The molecule has 5 nitrogen and oxygen atoms in total. The molecule has 0 bridgehead atoms. The maximum absolute atomic E-state index is 12.0. The molecule has 0 aliphatic heterocycles. The Hall–Kier alpha value is -2.04. The summed E-state index contributed by atoms with van der Waals surface area (Å²) in [6.07, 6.45) is 2.70. The number of aryl methyl sites for hydroxylation is 1. The number of hydrogen-bond acceptors (Lipinski definition) is 4. The lowest BCUT2D eigenvalue weighted by Gasteiger charge is -2.15. The highest BCUT2D eigenvalue weighted by Gasteiger charge is 2.18. The summed E-state index contributed by atoms with van der Waals surface area (Å²) in [7, 11) is 3.02. The van der Waals surface area contributed by atoms with Crippen LogP contribution >= 0.6 is 0 Å². The summed E-state index contributed by atoms with van der Waals surface area (Å²) in [6.45, 7) is 5.77. The van der Waals surface area contributed by atoms with Crippen molar-refractivity contribution >= 4 is 11.9 Å². The van der Waals surface area contributed by atoms with Crippen molar-refractivity contribution in [1.82, 2.24) is 4.90 Å². The van der Waals surface area contributed by atoms with Crippen LogP contribution in [0.4, 0.5) is 0 Å². The molecule has 0 N–H and O–H groups in total.